The van der Waals surface area contributed by atoms with Gasteiger partial charge in [0.15, 0.2) is 0 Å². The van der Waals surface area contributed by atoms with E-state index in [4.69, 9.17) is 0 Å². The number of aryl methyl sites for hydroxylation is 2. The minimum absolute atomic E-state index is 0.0329. The lowest BCUT2D eigenvalue weighted by atomic mass is 9.88. The number of nitrogens with one attached hydrogen (secondary N) is 1. The van der Waals surface area contributed by atoms with Gasteiger partial charge in [0, 0.05) is 7.05 Å². The predicted octanol–water partition coefficient (Wildman–Crippen LogP) is 0.924. The lowest BCUT2D eigenvalue weighted by Gasteiger charge is -2.25. The summed E-state index contributed by atoms with van der Waals surface area (Å²) in [4.78, 5) is 24.5. The van der Waals surface area contributed by atoms with Gasteiger partial charge in [0.05, 0.1) is 18.3 Å². The van der Waals surface area contributed by atoms with Gasteiger partial charge < -0.3 is 10.4 Å². The number of aromatic nitrogens is 2. The van der Waals surface area contributed by atoms with Crippen molar-refractivity contribution < 1.29 is 9.90 Å². The lowest BCUT2D eigenvalue weighted by molar-refractivity contribution is 0.0894. The summed E-state index contributed by atoms with van der Waals surface area (Å²) in [5.74, 6) is -0.457. The van der Waals surface area contributed by atoms with Crippen molar-refractivity contribution in [2.45, 2.75) is 47.1 Å². The second-order valence-corrected chi connectivity index (χ2v) is 6.63. The van der Waals surface area contributed by atoms with Crippen molar-refractivity contribution in [3.05, 3.63) is 27.2 Å². The second kappa shape index (κ2) is 6.39. The van der Waals surface area contributed by atoms with Crippen molar-refractivity contribution in [2.75, 3.05) is 6.61 Å². The van der Waals surface area contributed by atoms with Crippen molar-refractivity contribution in [3.63, 3.8) is 0 Å². The zero-order valence-corrected chi connectivity index (χ0v) is 13.6. The molecule has 21 heavy (non-hydrogen) atoms. The van der Waals surface area contributed by atoms with E-state index < -0.39 is 11.5 Å². The Morgan fingerprint density at radius 2 is 1.95 bits per heavy atom. The van der Waals surface area contributed by atoms with Crippen LogP contribution in [0.3, 0.4) is 0 Å². The number of amides is 1. The van der Waals surface area contributed by atoms with Gasteiger partial charge in [0.1, 0.15) is 5.56 Å². The van der Waals surface area contributed by atoms with E-state index in [2.05, 4.69) is 10.4 Å². The number of carbonyl (C=O) groups is 1. The highest BCUT2D eigenvalue weighted by molar-refractivity contribution is 5.95. The van der Waals surface area contributed by atoms with Crippen molar-refractivity contribution in [3.8, 4) is 0 Å². The van der Waals surface area contributed by atoms with Crippen LogP contribution < -0.4 is 10.9 Å². The van der Waals surface area contributed by atoms with Gasteiger partial charge in [-0.15, -0.1) is 0 Å². The van der Waals surface area contributed by atoms with E-state index in [9.17, 15) is 14.7 Å². The average Bonchev–Trinajstić information content (AvgIpc) is 2.34. The molecule has 0 aromatic carbocycles. The fourth-order valence-corrected chi connectivity index (χ4v) is 2.27. The Hall–Kier alpha value is -1.69. The number of nitrogens with zero attached hydrogens (tertiary/aromatic N) is 2. The van der Waals surface area contributed by atoms with Crippen LogP contribution in [0.2, 0.25) is 0 Å². The third kappa shape index (κ3) is 4.39. The molecule has 0 aliphatic carbocycles. The molecule has 6 heteroatoms. The van der Waals surface area contributed by atoms with Crippen molar-refractivity contribution in [1.29, 1.82) is 0 Å². The molecule has 0 saturated carbocycles. The molecule has 1 unspecified atom stereocenters. The normalized spacial score (nSPS) is 13.1. The lowest BCUT2D eigenvalue weighted by Crippen LogP contribution is -2.43. The molecule has 118 valence electrons. The number of aliphatic hydroxyl groups excluding tert-OH is 1. The minimum atomic E-state index is -0.457. The van der Waals surface area contributed by atoms with Crippen LogP contribution in [0, 0.1) is 19.3 Å². The molecule has 0 bridgehead atoms. The molecule has 0 saturated heterocycles. The standard InChI is InChI=1S/C15H25N3O3/c1-9-10(2)17-18(6)14(21)12(9)13(20)16-11(8-19)7-15(3,4)5/h11,19H,7-8H2,1-6H3,(H,16,20). The van der Waals surface area contributed by atoms with Gasteiger partial charge in [-0.05, 0) is 31.2 Å². The number of aliphatic hydroxyl groups is 1. The maximum absolute atomic E-state index is 12.4. The van der Waals surface area contributed by atoms with Gasteiger partial charge in [-0.25, -0.2) is 4.68 Å². The number of hydrogen-bond donors (Lipinski definition) is 2. The van der Waals surface area contributed by atoms with Crippen LogP contribution >= 0.6 is 0 Å². The van der Waals surface area contributed by atoms with Crippen molar-refractivity contribution in [1.82, 2.24) is 15.1 Å². The van der Waals surface area contributed by atoms with Crippen LogP contribution in [0.4, 0.5) is 0 Å². The summed E-state index contributed by atoms with van der Waals surface area (Å²) in [6, 6.07) is -0.380. The van der Waals surface area contributed by atoms with Gasteiger partial charge in [0.2, 0.25) is 0 Å². The van der Waals surface area contributed by atoms with E-state index in [1.165, 1.54) is 7.05 Å². The smallest absolute Gasteiger partial charge is 0.279 e. The van der Waals surface area contributed by atoms with Crippen LogP contribution in [0.5, 0.6) is 0 Å². The molecule has 1 amide bonds. The van der Waals surface area contributed by atoms with Gasteiger partial charge >= 0.3 is 0 Å². The summed E-state index contributed by atoms with van der Waals surface area (Å²) in [6.07, 6.45) is 0.624. The second-order valence-electron chi connectivity index (χ2n) is 6.63. The first-order valence-corrected chi connectivity index (χ1v) is 7.03. The molecule has 6 nitrogen and oxygen atoms in total. The Bertz CT molecular complexity index is 585. The first-order chi connectivity index (χ1) is 9.56. The molecule has 0 fully saturated rings. The molecular formula is C15H25N3O3. The van der Waals surface area contributed by atoms with Crippen LogP contribution in [0.15, 0.2) is 4.79 Å². The fraction of sp³-hybridized carbons (Fsp3) is 0.667. The topological polar surface area (TPSA) is 84.2 Å². The molecule has 0 spiro atoms. The first-order valence-electron chi connectivity index (χ1n) is 7.03. The first kappa shape index (κ1) is 17.4. The average molecular weight is 295 g/mol. The predicted molar refractivity (Wildman–Crippen MR) is 81.4 cm³/mol. The number of carbonyl (C=O) groups excluding carboxylic acids is 1. The quantitative estimate of drug-likeness (QED) is 0.865. The van der Waals surface area contributed by atoms with Crippen LogP contribution in [-0.2, 0) is 7.05 Å². The highest BCUT2D eigenvalue weighted by Gasteiger charge is 2.23. The fourth-order valence-electron chi connectivity index (χ4n) is 2.27. The van der Waals surface area contributed by atoms with E-state index in [-0.39, 0.29) is 23.6 Å². The Balaban J connectivity index is 3.07. The maximum atomic E-state index is 12.4. The Labute approximate surface area is 125 Å². The molecule has 1 aromatic rings. The van der Waals surface area contributed by atoms with Crippen LogP contribution in [0.25, 0.3) is 0 Å². The Morgan fingerprint density at radius 3 is 2.43 bits per heavy atom. The third-order valence-electron chi connectivity index (χ3n) is 3.37. The molecule has 1 heterocycles. The Morgan fingerprint density at radius 1 is 1.38 bits per heavy atom. The minimum Gasteiger partial charge on any atom is -0.394 e. The number of hydrogen-bond acceptors (Lipinski definition) is 4. The monoisotopic (exact) mass is 295 g/mol. The van der Waals surface area contributed by atoms with E-state index in [1.54, 1.807) is 13.8 Å². The zero-order valence-electron chi connectivity index (χ0n) is 13.6. The molecule has 1 rings (SSSR count). The maximum Gasteiger partial charge on any atom is 0.279 e. The van der Waals surface area contributed by atoms with E-state index in [1.807, 2.05) is 20.8 Å². The molecular weight excluding hydrogens is 270 g/mol. The third-order valence-corrected chi connectivity index (χ3v) is 3.37. The molecule has 1 atom stereocenters. The van der Waals surface area contributed by atoms with Crippen LogP contribution in [0.1, 0.15) is 48.8 Å². The van der Waals surface area contributed by atoms with Crippen molar-refractivity contribution in [2.24, 2.45) is 12.5 Å². The van der Waals surface area contributed by atoms with Gasteiger partial charge in [-0.1, -0.05) is 20.8 Å². The number of rotatable bonds is 4. The zero-order chi connectivity index (χ0) is 16.4. The summed E-state index contributed by atoms with van der Waals surface area (Å²) in [5, 5.41) is 16.2. The molecule has 1 aromatic heterocycles. The summed E-state index contributed by atoms with van der Waals surface area (Å²) in [5.41, 5.74) is 0.844. The summed E-state index contributed by atoms with van der Waals surface area (Å²) in [6.45, 7) is 9.39. The summed E-state index contributed by atoms with van der Waals surface area (Å²) >= 11 is 0. The summed E-state index contributed by atoms with van der Waals surface area (Å²) in [7, 11) is 1.52. The molecule has 0 aliphatic rings. The highest BCUT2D eigenvalue weighted by Crippen LogP contribution is 2.20. The van der Waals surface area contributed by atoms with Gasteiger partial charge in [-0.3, -0.25) is 9.59 Å². The Kier molecular flexibility index (Phi) is 5.28. The van der Waals surface area contributed by atoms with Gasteiger partial charge in [-0.2, -0.15) is 5.10 Å². The van der Waals surface area contributed by atoms with Gasteiger partial charge in [0.25, 0.3) is 11.5 Å². The van der Waals surface area contributed by atoms with E-state index in [0.29, 0.717) is 17.7 Å². The SMILES string of the molecule is Cc1nn(C)c(=O)c(C(=O)NC(CO)CC(C)(C)C)c1C. The van der Waals surface area contributed by atoms with Crippen LogP contribution in [-0.4, -0.2) is 33.4 Å². The molecule has 2 N–H and O–H groups in total. The van der Waals surface area contributed by atoms with Crippen molar-refractivity contribution >= 4 is 5.91 Å². The van der Waals surface area contributed by atoms with E-state index in [0.717, 1.165) is 4.68 Å². The van der Waals surface area contributed by atoms with E-state index >= 15 is 0 Å². The molecule has 0 aliphatic heterocycles. The largest absolute Gasteiger partial charge is 0.394 e. The summed E-state index contributed by atoms with van der Waals surface area (Å²) < 4.78 is 1.16. The molecule has 0 radical (unpaired) electrons. The highest BCUT2D eigenvalue weighted by atomic mass is 16.3.